The van der Waals surface area contributed by atoms with E-state index in [-0.39, 0.29) is 18.0 Å². The molecule has 1 fully saturated rings. The summed E-state index contributed by atoms with van der Waals surface area (Å²) in [7, 11) is 0. The van der Waals surface area contributed by atoms with Crippen molar-refractivity contribution in [2.75, 3.05) is 13.1 Å². The summed E-state index contributed by atoms with van der Waals surface area (Å²) in [6.07, 6.45) is 2.64. The number of hydrogen-bond acceptors (Lipinski definition) is 4. The summed E-state index contributed by atoms with van der Waals surface area (Å²) < 4.78 is 1.42. The van der Waals surface area contributed by atoms with Crippen LogP contribution in [0, 0.1) is 11.8 Å². The Balaban J connectivity index is 1.80. The summed E-state index contributed by atoms with van der Waals surface area (Å²) in [5, 5.41) is 2.44. The van der Waals surface area contributed by atoms with E-state index in [4.69, 9.17) is 0 Å². The number of rotatable bonds is 2. The van der Waals surface area contributed by atoms with Crippen molar-refractivity contribution in [3.8, 4) is 0 Å². The molecule has 1 aliphatic heterocycles. The number of likely N-dealkylation sites (tertiary alicyclic amines) is 1. The number of hydrogen-bond donors (Lipinski definition) is 0. The molecule has 2 aromatic rings. The Kier molecular flexibility index (Phi) is 3.80. The molecule has 6 heteroatoms. The number of nitrogens with zero attached hydrogens (tertiary/aromatic N) is 3. The summed E-state index contributed by atoms with van der Waals surface area (Å²) >= 11 is 1.44. The Hall–Kier alpha value is -1.69. The second-order valence-electron chi connectivity index (χ2n) is 6.06. The van der Waals surface area contributed by atoms with Crippen molar-refractivity contribution in [1.82, 2.24) is 14.5 Å². The van der Waals surface area contributed by atoms with Gasteiger partial charge in [0.05, 0.1) is 11.7 Å². The predicted octanol–water partition coefficient (Wildman–Crippen LogP) is 1.96. The Morgan fingerprint density at radius 3 is 2.81 bits per heavy atom. The smallest absolute Gasteiger partial charge is 0.262 e. The fraction of sp³-hybridized carbons (Fsp3) is 0.533. The zero-order valence-corrected chi connectivity index (χ0v) is 13.1. The van der Waals surface area contributed by atoms with Crippen LogP contribution in [0.25, 0.3) is 10.2 Å². The zero-order valence-electron chi connectivity index (χ0n) is 12.3. The molecule has 0 unspecified atom stereocenters. The van der Waals surface area contributed by atoms with Gasteiger partial charge < -0.3 is 4.90 Å². The van der Waals surface area contributed by atoms with Crippen molar-refractivity contribution in [1.29, 1.82) is 0 Å². The molecule has 0 aliphatic carbocycles. The van der Waals surface area contributed by atoms with E-state index in [1.54, 1.807) is 6.07 Å². The highest BCUT2D eigenvalue weighted by atomic mass is 32.1. The summed E-state index contributed by atoms with van der Waals surface area (Å²) in [5.41, 5.74) is -0.132. The Bertz CT molecular complexity index is 711. The maximum atomic E-state index is 12.4. The molecule has 2 atom stereocenters. The average molecular weight is 305 g/mol. The molecule has 1 saturated heterocycles. The highest BCUT2D eigenvalue weighted by Crippen LogP contribution is 2.21. The summed E-state index contributed by atoms with van der Waals surface area (Å²) in [5.74, 6) is 1.05. The fourth-order valence-corrected chi connectivity index (χ4v) is 3.84. The summed E-state index contributed by atoms with van der Waals surface area (Å²) in [4.78, 5) is 31.6. The van der Waals surface area contributed by atoms with Gasteiger partial charge >= 0.3 is 0 Å². The van der Waals surface area contributed by atoms with Gasteiger partial charge in [-0.3, -0.25) is 14.2 Å². The summed E-state index contributed by atoms with van der Waals surface area (Å²) in [6.45, 7) is 5.98. The van der Waals surface area contributed by atoms with E-state index >= 15 is 0 Å². The van der Waals surface area contributed by atoms with Crippen LogP contribution in [0.3, 0.4) is 0 Å². The van der Waals surface area contributed by atoms with Gasteiger partial charge in [0.2, 0.25) is 5.91 Å². The summed E-state index contributed by atoms with van der Waals surface area (Å²) in [6, 6.07) is 1.77. The van der Waals surface area contributed by atoms with Crippen LogP contribution in [-0.4, -0.2) is 33.4 Å². The topological polar surface area (TPSA) is 55.2 Å². The largest absolute Gasteiger partial charge is 0.341 e. The number of carbonyl (C=O) groups is 1. The van der Waals surface area contributed by atoms with Gasteiger partial charge in [-0.1, -0.05) is 13.8 Å². The van der Waals surface area contributed by atoms with E-state index in [1.807, 2.05) is 10.3 Å². The van der Waals surface area contributed by atoms with Crippen LogP contribution in [0.5, 0.6) is 0 Å². The third-order valence-corrected chi connectivity index (χ3v) is 4.80. The third-order valence-electron chi connectivity index (χ3n) is 3.98. The lowest BCUT2D eigenvalue weighted by Gasteiger charge is -2.35. The van der Waals surface area contributed by atoms with E-state index < -0.39 is 0 Å². The minimum atomic E-state index is -0.132. The molecule has 0 spiro atoms. The van der Waals surface area contributed by atoms with E-state index in [0.29, 0.717) is 17.2 Å². The molecule has 3 rings (SSSR count). The minimum absolute atomic E-state index is 0.00637. The minimum Gasteiger partial charge on any atom is -0.341 e. The lowest BCUT2D eigenvalue weighted by Crippen LogP contribution is -2.44. The molecule has 0 saturated carbocycles. The van der Waals surface area contributed by atoms with Gasteiger partial charge in [-0.05, 0) is 29.7 Å². The van der Waals surface area contributed by atoms with Gasteiger partial charge in [-0.25, -0.2) is 4.98 Å². The van der Waals surface area contributed by atoms with Gasteiger partial charge in [0, 0.05) is 13.1 Å². The molecule has 1 aliphatic rings. The van der Waals surface area contributed by atoms with Crippen molar-refractivity contribution in [3.05, 3.63) is 28.1 Å². The number of thiophene rings is 1. The number of fused-ring (bicyclic) bond motifs is 1. The molecule has 0 radical (unpaired) electrons. The molecule has 21 heavy (non-hydrogen) atoms. The van der Waals surface area contributed by atoms with E-state index in [2.05, 4.69) is 18.8 Å². The Labute approximate surface area is 127 Å². The quantitative estimate of drug-likeness (QED) is 0.852. The van der Waals surface area contributed by atoms with Crippen molar-refractivity contribution < 1.29 is 4.79 Å². The molecule has 1 amide bonds. The van der Waals surface area contributed by atoms with Crippen LogP contribution in [0.1, 0.15) is 20.3 Å². The van der Waals surface area contributed by atoms with Gasteiger partial charge in [-0.2, -0.15) is 0 Å². The molecule has 3 heterocycles. The van der Waals surface area contributed by atoms with Crippen molar-refractivity contribution in [3.63, 3.8) is 0 Å². The second-order valence-corrected chi connectivity index (χ2v) is 6.96. The lowest BCUT2D eigenvalue weighted by molar-refractivity contribution is -0.134. The van der Waals surface area contributed by atoms with Gasteiger partial charge in [0.15, 0.2) is 0 Å². The molecule has 0 aromatic carbocycles. The number of piperidine rings is 1. The first-order valence-electron chi connectivity index (χ1n) is 7.25. The van der Waals surface area contributed by atoms with Gasteiger partial charge in [0.25, 0.3) is 5.56 Å². The first-order valence-corrected chi connectivity index (χ1v) is 8.13. The van der Waals surface area contributed by atoms with Gasteiger partial charge in [0.1, 0.15) is 11.4 Å². The van der Waals surface area contributed by atoms with Crippen LogP contribution in [0.4, 0.5) is 0 Å². The monoisotopic (exact) mass is 305 g/mol. The lowest BCUT2D eigenvalue weighted by atomic mass is 9.92. The molecule has 112 valence electrons. The normalized spacial score (nSPS) is 22.7. The van der Waals surface area contributed by atoms with Crippen LogP contribution in [-0.2, 0) is 11.3 Å². The van der Waals surface area contributed by atoms with Crippen LogP contribution in [0.15, 0.2) is 22.6 Å². The highest BCUT2D eigenvalue weighted by Gasteiger charge is 2.25. The average Bonchev–Trinajstić information content (AvgIpc) is 2.90. The standard InChI is InChI=1S/C15H19N3O2S/c1-10-5-11(2)7-17(6-10)13(19)8-18-9-16-14-12(15(18)20)3-4-21-14/h3-4,9-11H,5-8H2,1-2H3/t10-,11-/m1/s1. The number of carbonyl (C=O) groups excluding carboxylic acids is 1. The molecule has 2 aromatic heterocycles. The van der Waals surface area contributed by atoms with Crippen molar-refractivity contribution in [2.24, 2.45) is 11.8 Å². The second kappa shape index (κ2) is 5.60. The molecule has 0 N–H and O–H groups in total. The van der Waals surface area contributed by atoms with Crippen LogP contribution >= 0.6 is 11.3 Å². The number of amides is 1. The fourth-order valence-electron chi connectivity index (χ4n) is 3.12. The van der Waals surface area contributed by atoms with E-state index in [0.717, 1.165) is 24.3 Å². The first kappa shape index (κ1) is 14.3. The van der Waals surface area contributed by atoms with Crippen molar-refractivity contribution in [2.45, 2.75) is 26.8 Å². The van der Waals surface area contributed by atoms with Crippen molar-refractivity contribution >= 4 is 27.5 Å². The van der Waals surface area contributed by atoms with Crippen LogP contribution < -0.4 is 5.56 Å². The highest BCUT2D eigenvalue weighted by molar-refractivity contribution is 7.16. The van der Waals surface area contributed by atoms with Gasteiger partial charge in [-0.15, -0.1) is 11.3 Å². The maximum Gasteiger partial charge on any atom is 0.262 e. The predicted molar refractivity (Wildman–Crippen MR) is 83.4 cm³/mol. The Morgan fingerprint density at radius 2 is 2.10 bits per heavy atom. The van der Waals surface area contributed by atoms with E-state index in [1.165, 1.54) is 22.2 Å². The van der Waals surface area contributed by atoms with E-state index in [9.17, 15) is 9.59 Å². The third kappa shape index (κ3) is 2.85. The number of aromatic nitrogens is 2. The molecular formula is C15H19N3O2S. The molecular weight excluding hydrogens is 286 g/mol. The SMILES string of the molecule is C[C@@H]1C[C@@H](C)CN(C(=O)Cn2cnc3sccc3c2=O)C1. The first-order chi connectivity index (χ1) is 10.0. The van der Waals surface area contributed by atoms with Crippen LogP contribution in [0.2, 0.25) is 0 Å². The Morgan fingerprint density at radius 1 is 1.38 bits per heavy atom. The molecule has 5 nitrogen and oxygen atoms in total. The zero-order chi connectivity index (χ0) is 15.0. The maximum absolute atomic E-state index is 12.4. The molecule has 0 bridgehead atoms.